The molecule has 2 aromatic rings. The molecular weight excluding hydrogens is 508 g/mol. The van der Waals surface area contributed by atoms with Gasteiger partial charge >= 0.3 is 18.0 Å². The van der Waals surface area contributed by atoms with Gasteiger partial charge in [-0.05, 0) is 52.8 Å². The number of alkyl carbamates (subject to hydrolysis) is 1. The maximum atomic E-state index is 12.9. The van der Waals surface area contributed by atoms with Crippen LogP contribution in [0.3, 0.4) is 0 Å². The normalized spacial score (nSPS) is 13.4. The van der Waals surface area contributed by atoms with Crippen molar-refractivity contribution in [3.63, 3.8) is 0 Å². The van der Waals surface area contributed by atoms with Gasteiger partial charge in [0.05, 0.1) is 12.7 Å². The van der Waals surface area contributed by atoms with Gasteiger partial charge in [0.1, 0.15) is 17.7 Å². The van der Waals surface area contributed by atoms with Crippen molar-refractivity contribution < 1.29 is 43.0 Å². The predicted molar refractivity (Wildman–Crippen MR) is 137 cm³/mol. The molecule has 2 N–H and O–H groups in total. The summed E-state index contributed by atoms with van der Waals surface area (Å²) in [5.41, 5.74) is -1.59. The molecule has 2 amide bonds. The molecule has 0 saturated heterocycles. The molecule has 0 spiro atoms. The Balaban J connectivity index is 1.71. The summed E-state index contributed by atoms with van der Waals surface area (Å²) in [6.07, 6.45) is -0.841. The summed E-state index contributed by atoms with van der Waals surface area (Å²) in [6, 6.07) is 8.95. The second-order valence-corrected chi connectivity index (χ2v) is 10.4. The number of benzene rings is 2. The molecule has 1 atom stereocenters. The fourth-order valence-corrected chi connectivity index (χ4v) is 3.73. The summed E-state index contributed by atoms with van der Waals surface area (Å²) >= 11 is 0. The summed E-state index contributed by atoms with van der Waals surface area (Å²) in [5.74, 6) is -3.31. The van der Waals surface area contributed by atoms with Crippen molar-refractivity contribution in [2.75, 3.05) is 13.7 Å². The van der Waals surface area contributed by atoms with Gasteiger partial charge in [-0.2, -0.15) is 0 Å². The minimum atomic E-state index is -1.50. The van der Waals surface area contributed by atoms with Gasteiger partial charge in [0.25, 0.3) is 0 Å². The summed E-state index contributed by atoms with van der Waals surface area (Å²) in [7, 11) is 1.09. The number of hydrogen-bond donors (Lipinski definition) is 2. The van der Waals surface area contributed by atoms with E-state index in [1.165, 1.54) is 38.1 Å². The number of nitrogens with one attached hydrogen (secondary N) is 2. The number of hydrogen-bond acceptors (Lipinski definition) is 9. The van der Waals surface area contributed by atoms with Crippen LogP contribution in [0.5, 0.6) is 0 Å². The lowest BCUT2D eigenvalue weighted by atomic mass is 9.83. The van der Waals surface area contributed by atoms with Gasteiger partial charge in [0.15, 0.2) is 17.6 Å². The fraction of sp³-hybridized carbons (Fsp3) is 0.357. The number of carbonyl (C=O) groups is 6. The zero-order valence-corrected chi connectivity index (χ0v) is 22.5. The molecule has 0 fully saturated rings. The molecular formula is C28H30N2O9. The molecule has 39 heavy (non-hydrogen) atoms. The Morgan fingerprint density at radius 1 is 0.846 bits per heavy atom. The van der Waals surface area contributed by atoms with Crippen molar-refractivity contribution in [2.24, 2.45) is 0 Å². The third-order valence-corrected chi connectivity index (χ3v) is 5.71. The Bertz CT molecular complexity index is 1360. The number of rotatable bonds is 7. The van der Waals surface area contributed by atoms with E-state index in [1.54, 1.807) is 39.0 Å². The van der Waals surface area contributed by atoms with Gasteiger partial charge in [-0.3, -0.25) is 14.4 Å². The van der Waals surface area contributed by atoms with E-state index in [0.717, 1.165) is 7.11 Å². The van der Waals surface area contributed by atoms with E-state index in [2.05, 4.69) is 10.6 Å². The highest BCUT2D eigenvalue weighted by Crippen LogP contribution is 2.28. The minimum absolute atomic E-state index is 0.0313. The highest BCUT2D eigenvalue weighted by Gasteiger charge is 2.35. The van der Waals surface area contributed by atoms with E-state index < -0.39 is 53.5 Å². The van der Waals surface area contributed by atoms with Crippen molar-refractivity contribution in [3.05, 3.63) is 70.3 Å². The van der Waals surface area contributed by atoms with Crippen LogP contribution in [0.4, 0.5) is 4.79 Å². The van der Waals surface area contributed by atoms with Gasteiger partial charge in [-0.25, -0.2) is 14.4 Å². The highest BCUT2D eigenvalue weighted by atomic mass is 16.6. The first-order valence-corrected chi connectivity index (χ1v) is 12.0. The molecule has 0 aliphatic heterocycles. The van der Waals surface area contributed by atoms with Crippen LogP contribution < -0.4 is 10.6 Å². The Morgan fingerprint density at radius 3 is 1.97 bits per heavy atom. The van der Waals surface area contributed by atoms with Crippen LogP contribution in [-0.2, 0) is 23.8 Å². The first kappa shape index (κ1) is 29.0. The van der Waals surface area contributed by atoms with Gasteiger partial charge in [0, 0.05) is 22.3 Å². The summed E-state index contributed by atoms with van der Waals surface area (Å²) in [5, 5.41) is 4.81. The van der Waals surface area contributed by atoms with Crippen molar-refractivity contribution in [3.8, 4) is 0 Å². The number of ether oxygens (including phenoxy) is 3. The number of esters is 2. The average molecular weight is 539 g/mol. The molecule has 1 aliphatic rings. The van der Waals surface area contributed by atoms with Crippen LogP contribution in [0.25, 0.3) is 0 Å². The number of carbonyl (C=O) groups excluding carboxylic acids is 6. The van der Waals surface area contributed by atoms with Crippen molar-refractivity contribution in [1.29, 1.82) is 0 Å². The quantitative estimate of drug-likeness (QED) is 0.341. The highest BCUT2D eigenvalue weighted by molar-refractivity contribution is 6.28. The fourth-order valence-electron chi connectivity index (χ4n) is 3.73. The lowest BCUT2D eigenvalue weighted by Crippen LogP contribution is -2.59. The Labute approximate surface area is 225 Å². The first-order valence-electron chi connectivity index (χ1n) is 12.0. The third-order valence-electron chi connectivity index (χ3n) is 5.71. The molecule has 0 heterocycles. The summed E-state index contributed by atoms with van der Waals surface area (Å²) < 4.78 is 15.1. The molecule has 0 bridgehead atoms. The first-order chi connectivity index (χ1) is 18.1. The van der Waals surface area contributed by atoms with Crippen molar-refractivity contribution in [2.45, 2.75) is 51.8 Å². The van der Waals surface area contributed by atoms with E-state index in [0.29, 0.717) is 0 Å². The molecule has 3 rings (SSSR count). The van der Waals surface area contributed by atoms with Crippen molar-refractivity contribution in [1.82, 2.24) is 10.6 Å². The van der Waals surface area contributed by atoms with Gasteiger partial charge in [-0.1, -0.05) is 24.3 Å². The average Bonchev–Trinajstić information content (AvgIpc) is 2.87. The molecule has 0 saturated carbocycles. The smallest absolute Gasteiger partial charge is 0.408 e. The van der Waals surface area contributed by atoms with Crippen LogP contribution in [-0.4, -0.2) is 66.4 Å². The van der Waals surface area contributed by atoms with Gasteiger partial charge in [0.2, 0.25) is 5.91 Å². The minimum Gasteiger partial charge on any atom is -0.467 e. The molecule has 0 radical (unpaired) electrons. The van der Waals surface area contributed by atoms with E-state index >= 15 is 0 Å². The largest absolute Gasteiger partial charge is 0.467 e. The maximum Gasteiger partial charge on any atom is 0.408 e. The lowest BCUT2D eigenvalue weighted by molar-refractivity contribution is -0.147. The summed E-state index contributed by atoms with van der Waals surface area (Å²) in [4.78, 5) is 75.8. The lowest BCUT2D eigenvalue weighted by Gasteiger charge is -2.29. The van der Waals surface area contributed by atoms with Crippen LogP contribution in [0.1, 0.15) is 76.8 Å². The monoisotopic (exact) mass is 538 g/mol. The molecule has 0 unspecified atom stereocenters. The topological polar surface area (TPSA) is 154 Å². The molecule has 11 heteroatoms. The van der Waals surface area contributed by atoms with Crippen LogP contribution in [0.2, 0.25) is 0 Å². The number of fused-ring (bicyclic) bond motifs is 2. The zero-order valence-electron chi connectivity index (χ0n) is 22.5. The van der Waals surface area contributed by atoms with E-state index in [4.69, 9.17) is 14.2 Å². The number of ketones is 2. The third kappa shape index (κ3) is 6.67. The Hall–Kier alpha value is -4.54. The SMILES string of the molecule is COC(=O)[C@H](COC(=O)c1ccc2c(c1)C(=O)c1ccccc1C2=O)NC(=O)C(C)(C)NC(=O)OC(C)(C)C. The van der Waals surface area contributed by atoms with Crippen molar-refractivity contribution >= 4 is 35.5 Å². The molecule has 2 aromatic carbocycles. The number of amides is 2. The second-order valence-electron chi connectivity index (χ2n) is 10.4. The molecule has 1 aliphatic carbocycles. The second kappa shape index (κ2) is 11.1. The van der Waals surface area contributed by atoms with Gasteiger partial charge in [-0.15, -0.1) is 0 Å². The predicted octanol–water partition coefficient (Wildman–Crippen LogP) is 2.58. The molecule has 206 valence electrons. The Morgan fingerprint density at radius 2 is 1.41 bits per heavy atom. The standard InChI is InChI=1S/C28H30N2O9/c1-27(2,3)39-26(36)30-28(4,5)25(35)29-20(24(34)37-6)14-38-23(33)15-11-12-18-19(13-15)22(32)17-10-8-7-9-16(17)21(18)31/h7-13,20H,14H2,1-6H3,(H,29,35)(H,30,36)/t20-/m0/s1. The van der Waals surface area contributed by atoms with E-state index in [-0.39, 0.29) is 33.6 Å². The maximum absolute atomic E-state index is 12.9. The van der Waals surface area contributed by atoms with Crippen LogP contribution in [0, 0.1) is 0 Å². The zero-order chi connectivity index (χ0) is 29.1. The van der Waals surface area contributed by atoms with Gasteiger partial charge < -0.3 is 24.8 Å². The number of methoxy groups -OCH3 is 1. The molecule has 11 nitrogen and oxygen atoms in total. The van der Waals surface area contributed by atoms with Crippen LogP contribution >= 0.6 is 0 Å². The van der Waals surface area contributed by atoms with E-state index in [9.17, 15) is 28.8 Å². The Kier molecular flexibility index (Phi) is 8.23. The van der Waals surface area contributed by atoms with Crippen LogP contribution in [0.15, 0.2) is 42.5 Å². The van der Waals surface area contributed by atoms with E-state index in [1.807, 2.05) is 0 Å². The summed E-state index contributed by atoms with van der Waals surface area (Å²) in [6.45, 7) is 7.18. The molecule has 0 aromatic heterocycles.